The average molecular weight is 364 g/mol. The van der Waals surface area contributed by atoms with E-state index in [4.69, 9.17) is 17.3 Å². The zero-order chi connectivity index (χ0) is 18.3. The number of nitrogens with zero attached hydrogens (tertiary/aromatic N) is 3. The van der Waals surface area contributed by atoms with Crippen molar-refractivity contribution < 1.29 is 4.39 Å². The van der Waals surface area contributed by atoms with Crippen molar-refractivity contribution in [1.82, 2.24) is 15.0 Å². The summed E-state index contributed by atoms with van der Waals surface area (Å²) >= 11 is 5.98. The van der Waals surface area contributed by atoms with E-state index in [0.29, 0.717) is 22.5 Å². The summed E-state index contributed by atoms with van der Waals surface area (Å²) in [5.41, 5.74) is 10.4. The summed E-state index contributed by atoms with van der Waals surface area (Å²) < 4.78 is 13.6. The third-order valence-corrected chi connectivity index (χ3v) is 4.32. The fraction of sp³-hybridized carbons (Fsp3) is 0. The highest BCUT2D eigenvalue weighted by Crippen LogP contribution is 2.38. The zero-order valence-corrected chi connectivity index (χ0v) is 14.0. The molecule has 3 aromatic heterocycles. The predicted octanol–water partition coefficient (Wildman–Crippen LogP) is 4.54. The van der Waals surface area contributed by atoms with Crippen molar-refractivity contribution in [3.63, 3.8) is 0 Å². The molecule has 0 saturated carbocycles. The molecule has 0 aliphatic rings. The highest BCUT2D eigenvalue weighted by molar-refractivity contribution is 6.31. The Morgan fingerprint density at radius 2 is 1.96 bits per heavy atom. The third kappa shape index (κ3) is 2.65. The highest BCUT2D eigenvalue weighted by Gasteiger charge is 2.18. The molecule has 0 aliphatic heterocycles. The van der Waals surface area contributed by atoms with Gasteiger partial charge in [-0.05, 0) is 42.0 Å². The van der Waals surface area contributed by atoms with E-state index in [-0.39, 0.29) is 10.7 Å². The number of nitrogens with one attached hydrogen (secondary N) is 1. The lowest BCUT2D eigenvalue weighted by atomic mass is 10.0. The molecule has 1 aromatic carbocycles. The number of aromatic nitrogens is 3. The van der Waals surface area contributed by atoms with E-state index in [9.17, 15) is 9.65 Å². The van der Waals surface area contributed by atoms with E-state index in [0.717, 1.165) is 16.8 Å². The molecule has 4 aromatic rings. The van der Waals surface area contributed by atoms with Crippen LogP contribution in [-0.2, 0) is 0 Å². The molecule has 3 heterocycles. The molecule has 0 radical (unpaired) electrons. The summed E-state index contributed by atoms with van der Waals surface area (Å²) in [6.07, 6.45) is 1.60. The molecule has 0 spiro atoms. The Hall–Kier alpha value is -3.43. The molecule has 5 nitrogen and oxygen atoms in total. The van der Waals surface area contributed by atoms with E-state index in [2.05, 4.69) is 15.0 Å². The third-order valence-electron chi connectivity index (χ3n) is 4.03. The van der Waals surface area contributed by atoms with Gasteiger partial charge in [0.05, 0.1) is 21.7 Å². The van der Waals surface area contributed by atoms with Crippen LogP contribution >= 0.6 is 11.6 Å². The minimum absolute atomic E-state index is 0.00785. The highest BCUT2D eigenvalue weighted by atomic mass is 35.5. The summed E-state index contributed by atoms with van der Waals surface area (Å²) in [6.45, 7) is 0. The van der Waals surface area contributed by atoms with Gasteiger partial charge in [0.15, 0.2) is 0 Å². The standard InChI is InChI=1S/C19H11ClFN5/c20-13-7-10(1-3-14(13)21)17-18(11-5-6-24-16(23)8-11)26-15-4-2-12(9-22)25-19(15)17/h1-8,26H,(H2,23,24). The number of hydrogen-bond acceptors (Lipinski definition) is 4. The number of nitrogen functional groups attached to an aromatic ring is 1. The number of benzene rings is 1. The molecule has 0 unspecified atom stereocenters. The first-order valence-corrected chi connectivity index (χ1v) is 8.05. The maximum atomic E-state index is 13.6. The summed E-state index contributed by atoms with van der Waals surface area (Å²) in [6, 6.07) is 13.4. The number of aromatic amines is 1. The van der Waals surface area contributed by atoms with Gasteiger partial charge in [-0.1, -0.05) is 17.7 Å². The number of fused-ring (bicyclic) bond motifs is 1. The average Bonchev–Trinajstić information content (AvgIpc) is 3.02. The Morgan fingerprint density at radius 3 is 2.69 bits per heavy atom. The molecule has 4 rings (SSSR count). The number of hydrogen-bond donors (Lipinski definition) is 2. The van der Waals surface area contributed by atoms with E-state index < -0.39 is 5.82 Å². The van der Waals surface area contributed by atoms with Crippen molar-refractivity contribution >= 4 is 28.5 Å². The quantitative estimate of drug-likeness (QED) is 0.547. The van der Waals surface area contributed by atoms with Crippen LogP contribution in [-0.4, -0.2) is 15.0 Å². The lowest BCUT2D eigenvalue weighted by Crippen LogP contribution is -1.91. The summed E-state index contributed by atoms with van der Waals surface area (Å²) in [4.78, 5) is 11.7. The Kier molecular flexibility index (Phi) is 3.79. The monoisotopic (exact) mass is 363 g/mol. The van der Waals surface area contributed by atoms with Crippen molar-refractivity contribution in [2.24, 2.45) is 0 Å². The number of pyridine rings is 2. The van der Waals surface area contributed by atoms with Crippen LogP contribution in [0.5, 0.6) is 0 Å². The van der Waals surface area contributed by atoms with Crippen LogP contribution in [0.2, 0.25) is 5.02 Å². The summed E-state index contributed by atoms with van der Waals surface area (Å²) in [7, 11) is 0. The fourth-order valence-electron chi connectivity index (χ4n) is 2.88. The van der Waals surface area contributed by atoms with Crippen molar-refractivity contribution in [2.75, 3.05) is 5.73 Å². The molecular formula is C19H11ClFN5. The normalized spacial score (nSPS) is 10.8. The van der Waals surface area contributed by atoms with Crippen molar-refractivity contribution in [2.45, 2.75) is 0 Å². The number of nitrogens with two attached hydrogens (primary N) is 1. The summed E-state index contributed by atoms with van der Waals surface area (Å²) in [5.74, 6) is -0.134. The largest absolute Gasteiger partial charge is 0.384 e. The van der Waals surface area contributed by atoms with Crippen molar-refractivity contribution in [3.8, 4) is 28.5 Å². The molecule has 0 saturated heterocycles. The SMILES string of the molecule is N#Cc1ccc2[nH]c(-c3ccnc(N)c3)c(-c3ccc(F)c(Cl)c3)c2n1. The van der Waals surface area contributed by atoms with Crippen LogP contribution in [0.25, 0.3) is 33.4 Å². The van der Waals surface area contributed by atoms with Crippen LogP contribution < -0.4 is 5.73 Å². The Morgan fingerprint density at radius 1 is 1.12 bits per heavy atom. The van der Waals surface area contributed by atoms with Crippen molar-refractivity contribution in [1.29, 1.82) is 5.26 Å². The molecule has 0 fully saturated rings. The Labute approximate surface area is 152 Å². The topological polar surface area (TPSA) is 91.4 Å². The molecule has 0 aliphatic carbocycles. The predicted molar refractivity (Wildman–Crippen MR) is 98.9 cm³/mol. The molecule has 7 heteroatoms. The molecule has 3 N–H and O–H groups in total. The van der Waals surface area contributed by atoms with Crippen molar-refractivity contribution in [3.05, 3.63) is 65.2 Å². The zero-order valence-electron chi connectivity index (χ0n) is 13.3. The maximum Gasteiger partial charge on any atom is 0.141 e. The first-order valence-electron chi connectivity index (χ1n) is 7.67. The molecule has 0 bridgehead atoms. The number of halogens is 2. The van der Waals surface area contributed by atoms with E-state index in [1.54, 1.807) is 36.5 Å². The van der Waals surface area contributed by atoms with Gasteiger partial charge < -0.3 is 10.7 Å². The Balaban J connectivity index is 2.08. The van der Waals surface area contributed by atoms with Gasteiger partial charge in [-0.3, -0.25) is 0 Å². The second-order valence-electron chi connectivity index (χ2n) is 5.68. The number of H-pyrrole nitrogens is 1. The van der Waals surface area contributed by atoms with Gasteiger partial charge in [0.25, 0.3) is 0 Å². The maximum absolute atomic E-state index is 13.6. The summed E-state index contributed by atoms with van der Waals surface area (Å²) in [5, 5.41) is 9.19. The van der Waals surface area contributed by atoms with Crippen LogP contribution in [0.1, 0.15) is 5.69 Å². The van der Waals surface area contributed by atoms with Gasteiger partial charge in [0.1, 0.15) is 23.4 Å². The molecule has 0 amide bonds. The molecule has 0 atom stereocenters. The molecular weight excluding hydrogens is 353 g/mol. The van der Waals surface area contributed by atoms with Gasteiger partial charge in [0, 0.05) is 17.3 Å². The molecule has 126 valence electrons. The van der Waals surface area contributed by atoms with Gasteiger partial charge in [0.2, 0.25) is 0 Å². The van der Waals surface area contributed by atoms with Gasteiger partial charge in [-0.2, -0.15) is 5.26 Å². The van der Waals surface area contributed by atoms with E-state index in [1.807, 2.05) is 6.07 Å². The number of nitriles is 1. The first kappa shape index (κ1) is 16.1. The fourth-order valence-corrected chi connectivity index (χ4v) is 3.06. The van der Waals surface area contributed by atoms with Gasteiger partial charge in [-0.15, -0.1) is 0 Å². The molecule has 26 heavy (non-hydrogen) atoms. The number of rotatable bonds is 2. The lowest BCUT2D eigenvalue weighted by molar-refractivity contribution is 0.628. The first-order chi connectivity index (χ1) is 12.6. The van der Waals surface area contributed by atoms with Crippen LogP contribution in [0.3, 0.4) is 0 Å². The second-order valence-corrected chi connectivity index (χ2v) is 6.08. The lowest BCUT2D eigenvalue weighted by Gasteiger charge is -2.07. The second kappa shape index (κ2) is 6.14. The minimum Gasteiger partial charge on any atom is -0.384 e. The van der Waals surface area contributed by atoms with Crippen LogP contribution in [0.15, 0.2) is 48.7 Å². The minimum atomic E-state index is -0.504. The van der Waals surface area contributed by atoms with E-state index in [1.165, 1.54) is 12.1 Å². The smallest absolute Gasteiger partial charge is 0.141 e. The Bertz CT molecular complexity index is 1190. The van der Waals surface area contributed by atoms with E-state index >= 15 is 0 Å². The van der Waals surface area contributed by atoms with Gasteiger partial charge in [-0.25, -0.2) is 14.4 Å². The van der Waals surface area contributed by atoms with Gasteiger partial charge >= 0.3 is 0 Å². The number of anilines is 1. The van der Waals surface area contributed by atoms with Crippen LogP contribution in [0, 0.1) is 17.1 Å². The van der Waals surface area contributed by atoms with Crippen LogP contribution in [0.4, 0.5) is 10.2 Å².